The zero-order valence-electron chi connectivity index (χ0n) is 21.7. The van der Waals surface area contributed by atoms with Gasteiger partial charge < -0.3 is 14.8 Å². The molecule has 0 fully saturated rings. The highest BCUT2D eigenvalue weighted by molar-refractivity contribution is 6.02. The lowest BCUT2D eigenvalue weighted by atomic mass is 9.97. The number of aliphatic imine (C=N–C) groups is 1. The van der Waals surface area contributed by atoms with Crippen LogP contribution in [-0.2, 0) is 0 Å². The molecule has 0 amide bonds. The molecule has 0 saturated heterocycles. The van der Waals surface area contributed by atoms with E-state index in [1.54, 1.807) is 13.2 Å². The van der Waals surface area contributed by atoms with Crippen molar-refractivity contribution in [3.05, 3.63) is 95.5 Å². The largest absolute Gasteiger partial charge is 0.496 e. The molecule has 2 rings (SSSR count). The van der Waals surface area contributed by atoms with Gasteiger partial charge in [-0.2, -0.15) is 0 Å². The Kier molecular flexibility index (Phi) is 11.0. The number of nitrogens with zero attached hydrogens (tertiary/aromatic N) is 1. The van der Waals surface area contributed by atoms with E-state index in [4.69, 9.17) is 14.5 Å². The fourth-order valence-electron chi connectivity index (χ4n) is 3.54. The van der Waals surface area contributed by atoms with E-state index in [0.29, 0.717) is 23.9 Å². The normalized spacial score (nSPS) is 12.4. The summed E-state index contributed by atoms with van der Waals surface area (Å²) < 4.78 is 24.9. The third kappa shape index (κ3) is 7.99. The molecule has 0 heterocycles. The second-order valence-electron chi connectivity index (χ2n) is 8.16. The predicted molar refractivity (Wildman–Crippen MR) is 146 cm³/mol. The topological polar surface area (TPSA) is 42.9 Å². The molecular weight excluding hydrogens is 439 g/mol. The SMILES string of the molecule is C=C(/C=C\C(C)=C\CC)CN=C(N/C=C/CC)c1cc(-c2ccc(F)cc2OC)cc(OC)c1C. The summed E-state index contributed by atoms with van der Waals surface area (Å²) in [5.74, 6) is 1.50. The van der Waals surface area contributed by atoms with E-state index in [9.17, 15) is 4.39 Å². The Morgan fingerprint density at radius 2 is 1.80 bits per heavy atom. The summed E-state index contributed by atoms with van der Waals surface area (Å²) in [5.41, 5.74) is 5.52. The molecule has 0 spiro atoms. The number of amidine groups is 1. The molecule has 0 aliphatic rings. The Morgan fingerprint density at radius 1 is 1.06 bits per heavy atom. The number of halogens is 1. The minimum absolute atomic E-state index is 0.353. The number of benzene rings is 2. The molecule has 0 unspecified atom stereocenters. The highest BCUT2D eigenvalue weighted by Gasteiger charge is 2.16. The summed E-state index contributed by atoms with van der Waals surface area (Å²) in [6.45, 7) is 12.8. The van der Waals surface area contributed by atoms with E-state index in [1.165, 1.54) is 24.8 Å². The van der Waals surface area contributed by atoms with Gasteiger partial charge in [0.05, 0.1) is 20.8 Å². The lowest BCUT2D eigenvalue weighted by molar-refractivity contribution is 0.410. The molecular formula is C30H37FN2O2. The van der Waals surface area contributed by atoms with Gasteiger partial charge in [0.2, 0.25) is 0 Å². The number of ether oxygens (including phenoxy) is 2. The molecule has 0 aliphatic heterocycles. The van der Waals surface area contributed by atoms with Gasteiger partial charge in [0.25, 0.3) is 0 Å². The number of rotatable bonds is 11. The zero-order chi connectivity index (χ0) is 25.8. The molecule has 4 nitrogen and oxygen atoms in total. The van der Waals surface area contributed by atoms with Crippen LogP contribution in [0.2, 0.25) is 0 Å². The van der Waals surface area contributed by atoms with E-state index in [0.717, 1.165) is 40.7 Å². The van der Waals surface area contributed by atoms with Crippen molar-refractivity contribution in [2.75, 3.05) is 20.8 Å². The van der Waals surface area contributed by atoms with Crippen molar-refractivity contribution >= 4 is 5.84 Å². The van der Waals surface area contributed by atoms with Gasteiger partial charge in [-0.25, -0.2) is 4.39 Å². The summed E-state index contributed by atoms with van der Waals surface area (Å²) in [4.78, 5) is 4.85. The molecule has 1 N–H and O–H groups in total. The highest BCUT2D eigenvalue weighted by Crippen LogP contribution is 2.35. The van der Waals surface area contributed by atoms with Crippen LogP contribution in [0, 0.1) is 12.7 Å². The molecule has 0 atom stereocenters. The molecule has 0 aliphatic carbocycles. The lowest BCUT2D eigenvalue weighted by Crippen LogP contribution is -2.21. The number of hydrogen-bond acceptors (Lipinski definition) is 3. The van der Waals surface area contributed by atoms with Crippen molar-refractivity contribution in [3.8, 4) is 22.6 Å². The first-order valence-electron chi connectivity index (χ1n) is 11.9. The standard InChI is InChI=1S/C30H37FN2O2/c1-8-10-16-32-30(33-20-22(4)13-12-21(3)11-9-2)27-17-24(18-28(34-6)23(27)5)26-15-14-25(31)19-29(26)35-7/h10-19H,4,8-9,20H2,1-3,5-7H3,(H,32,33)/b13-12-,16-10+,21-11+. The monoisotopic (exact) mass is 476 g/mol. The summed E-state index contributed by atoms with van der Waals surface area (Å²) >= 11 is 0. The van der Waals surface area contributed by atoms with Gasteiger partial charge in [0, 0.05) is 22.8 Å². The van der Waals surface area contributed by atoms with Crippen molar-refractivity contribution in [2.24, 2.45) is 4.99 Å². The summed E-state index contributed by atoms with van der Waals surface area (Å²) in [6.07, 6.45) is 12.0. The van der Waals surface area contributed by atoms with Crippen LogP contribution in [0.15, 0.2) is 83.6 Å². The van der Waals surface area contributed by atoms with Crippen molar-refractivity contribution < 1.29 is 13.9 Å². The van der Waals surface area contributed by atoms with Gasteiger partial charge in [-0.15, -0.1) is 0 Å². The predicted octanol–water partition coefficient (Wildman–Crippen LogP) is 7.55. The summed E-state index contributed by atoms with van der Waals surface area (Å²) in [6, 6.07) is 8.46. The van der Waals surface area contributed by atoms with E-state index in [-0.39, 0.29) is 5.82 Å². The van der Waals surface area contributed by atoms with Crippen LogP contribution in [0.5, 0.6) is 11.5 Å². The first-order valence-corrected chi connectivity index (χ1v) is 11.9. The van der Waals surface area contributed by atoms with E-state index < -0.39 is 0 Å². The van der Waals surface area contributed by atoms with E-state index >= 15 is 0 Å². The fourth-order valence-corrected chi connectivity index (χ4v) is 3.54. The molecule has 186 valence electrons. The quantitative estimate of drug-likeness (QED) is 0.207. The fraction of sp³-hybridized carbons (Fsp3) is 0.300. The first kappa shape index (κ1) is 27.6. The van der Waals surface area contributed by atoms with Gasteiger partial charge >= 0.3 is 0 Å². The minimum atomic E-state index is -0.353. The van der Waals surface area contributed by atoms with Crippen LogP contribution in [0.4, 0.5) is 4.39 Å². The van der Waals surface area contributed by atoms with Crippen LogP contribution in [0.1, 0.15) is 44.7 Å². The molecule has 2 aromatic carbocycles. The molecule has 0 saturated carbocycles. The van der Waals surface area contributed by atoms with Gasteiger partial charge in [-0.05, 0) is 68.3 Å². The van der Waals surface area contributed by atoms with Gasteiger partial charge in [-0.3, -0.25) is 4.99 Å². The number of allylic oxidation sites excluding steroid dienone is 4. The van der Waals surface area contributed by atoms with E-state index in [2.05, 4.69) is 44.8 Å². The molecule has 0 radical (unpaired) electrons. The maximum absolute atomic E-state index is 13.8. The number of hydrogen-bond donors (Lipinski definition) is 1. The third-order valence-corrected chi connectivity index (χ3v) is 5.43. The number of methoxy groups -OCH3 is 2. The average Bonchev–Trinajstić information content (AvgIpc) is 2.85. The molecule has 2 aromatic rings. The maximum atomic E-state index is 13.8. The Hall–Kier alpha value is -3.60. The smallest absolute Gasteiger partial charge is 0.133 e. The first-order chi connectivity index (χ1) is 16.8. The summed E-state index contributed by atoms with van der Waals surface area (Å²) in [5, 5.41) is 3.33. The van der Waals surface area contributed by atoms with Crippen LogP contribution in [-0.4, -0.2) is 26.6 Å². The maximum Gasteiger partial charge on any atom is 0.133 e. The number of nitrogens with one attached hydrogen (secondary N) is 1. The Morgan fingerprint density at radius 3 is 2.46 bits per heavy atom. The van der Waals surface area contributed by atoms with Crippen LogP contribution >= 0.6 is 0 Å². The van der Waals surface area contributed by atoms with Crippen LogP contribution < -0.4 is 14.8 Å². The minimum Gasteiger partial charge on any atom is -0.496 e. The lowest BCUT2D eigenvalue weighted by Gasteiger charge is -2.17. The van der Waals surface area contributed by atoms with Crippen LogP contribution in [0.25, 0.3) is 11.1 Å². The second kappa shape index (κ2) is 14.0. The zero-order valence-corrected chi connectivity index (χ0v) is 21.7. The van der Waals surface area contributed by atoms with Gasteiger partial charge in [0.1, 0.15) is 23.2 Å². The summed E-state index contributed by atoms with van der Waals surface area (Å²) in [7, 11) is 3.17. The molecule has 0 aromatic heterocycles. The second-order valence-corrected chi connectivity index (χ2v) is 8.16. The van der Waals surface area contributed by atoms with Crippen molar-refractivity contribution in [3.63, 3.8) is 0 Å². The van der Waals surface area contributed by atoms with E-state index in [1.807, 2.05) is 37.4 Å². The molecule has 0 bridgehead atoms. The Labute approximate surface area is 209 Å². The van der Waals surface area contributed by atoms with Gasteiger partial charge in [-0.1, -0.05) is 50.3 Å². The highest BCUT2D eigenvalue weighted by atomic mass is 19.1. The average molecular weight is 477 g/mol. The van der Waals surface area contributed by atoms with Crippen molar-refractivity contribution in [2.45, 2.75) is 40.5 Å². The Bertz CT molecular complexity index is 1140. The van der Waals surface area contributed by atoms with Crippen molar-refractivity contribution in [1.82, 2.24) is 5.32 Å². The molecule has 5 heteroatoms. The Balaban J connectivity index is 2.55. The third-order valence-electron chi connectivity index (χ3n) is 5.43. The van der Waals surface area contributed by atoms with Gasteiger partial charge in [0.15, 0.2) is 0 Å². The molecule has 35 heavy (non-hydrogen) atoms. The van der Waals surface area contributed by atoms with Crippen LogP contribution in [0.3, 0.4) is 0 Å². The van der Waals surface area contributed by atoms with Crippen molar-refractivity contribution in [1.29, 1.82) is 0 Å².